The Morgan fingerprint density at radius 3 is 2.64 bits per heavy atom. The molecule has 0 spiro atoms. The van der Waals surface area contributed by atoms with Crippen LogP contribution in [-0.2, 0) is 16.6 Å². The number of rotatable bonds is 6. The quantitative estimate of drug-likeness (QED) is 0.663. The number of nitrogens with zero attached hydrogens (tertiary/aromatic N) is 2. The van der Waals surface area contributed by atoms with Gasteiger partial charge in [0, 0.05) is 10.5 Å². The molecular formula is C16H14FN3O3S2. The van der Waals surface area contributed by atoms with E-state index in [-0.39, 0.29) is 23.2 Å². The zero-order chi connectivity index (χ0) is 17.9. The predicted molar refractivity (Wildman–Crippen MR) is 91.9 cm³/mol. The second kappa shape index (κ2) is 7.34. The van der Waals surface area contributed by atoms with Gasteiger partial charge in [-0.1, -0.05) is 11.2 Å². The van der Waals surface area contributed by atoms with E-state index in [0.717, 1.165) is 4.90 Å². The van der Waals surface area contributed by atoms with Crippen molar-refractivity contribution in [1.82, 2.24) is 14.9 Å². The molecule has 0 aliphatic rings. The maximum atomic E-state index is 13.2. The molecule has 3 rings (SSSR count). The van der Waals surface area contributed by atoms with Crippen molar-refractivity contribution >= 4 is 21.8 Å². The summed E-state index contributed by atoms with van der Waals surface area (Å²) in [6.45, 7) is -0.134. The summed E-state index contributed by atoms with van der Waals surface area (Å²) in [4.78, 5) is 5.19. The van der Waals surface area contributed by atoms with Gasteiger partial charge in [0.15, 0.2) is 5.82 Å². The lowest BCUT2D eigenvalue weighted by molar-refractivity contribution is 0.421. The molecule has 0 atom stereocenters. The van der Waals surface area contributed by atoms with E-state index in [0.29, 0.717) is 5.56 Å². The molecule has 3 aromatic rings. The van der Waals surface area contributed by atoms with Gasteiger partial charge in [-0.15, -0.1) is 11.8 Å². The van der Waals surface area contributed by atoms with E-state index >= 15 is 0 Å². The molecule has 0 saturated heterocycles. The molecule has 6 nitrogen and oxygen atoms in total. The topological polar surface area (TPSA) is 85.1 Å². The van der Waals surface area contributed by atoms with Gasteiger partial charge in [0.1, 0.15) is 5.82 Å². The molecule has 1 N–H and O–H groups in total. The first-order chi connectivity index (χ1) is 12.0. The largest absolute Gasteiger partial charge is 0.334 e. The first-order valence-corrected chi connectivity index (χ1v) is 9.91. The third-order valence-electron chi connectivity index (χ3n) is 3.33. The molecule has 0 bridgehead atoms. The molecule has 0 radical (unpaired) electrons. The highest BCUT2D eigenvalue weighted by atomic mass is 32.2. The van der Waals surface area contributed by atoms with Crippen molar-refractivity contribution in [1.29, 1.82) is 0 Å². The van der Waals surface area contributed by atoms with Crippen LogP contribution in [0.3, 0.4) is 0 Å². The molecule has 1 aromatic heterocycles. The Labute approximate surface area is 148 Å². The Hall–Kier alpha value is -2.23. The predicted octanol–water partition coefficient (Wildman–Crippen LogP) is 3.08. The summed E-state index contributed by atoms with van der Waals surface area (Å²) < 4.78 is 45.2. The van der Waals surface area contributed by atoms with Crippen LogP contribution in [-0.4, -0.2) is 24.8 Å². The number of nitrogens with one attached hydrogen (secondary N) is 1. The number of aromatic nitrogens is 2. The fourth-order valence-electron chi connectivity index (χ4n) is 2.06. The summed E-state index contributed by atoms with van der Waals surface area (Å²) in [6.07, 6.45) is 1.91. The molecule has 0 saturated carbocycles. The molecule has 0 aliphatic carbocycles. The van der Waals surface area contributed by atoms with Crippen LogP contribution in [0.25, 0.3) is 11.5 Å². The van der Waals surface area contributed by atoms with E-state index in [1.807, 2.05) is 6.26 Å². The van der Waals surface area contributed by atoms with Crippen molar-refractivity contribution in [2.24, 2.45) is 0 Å². The summed E-state index contributed by atoms with van der Waals surface area (Å²) in [5, 5.41) is 3.71. The summed E-state index contributed by atoms with van der Waals surface area (Å²) in [5.41, 5.74) is 0.425. The fraction of sp³-hybridized carbons (Fsp3) is 0.125. The van der Waals surface area contributed by atoms with Crippen LogP contribution in [0.15, 0.2) is 62.8 Å². The van der Waals surface area contributed by atoms with Crippen molar-refractivity contribution in [3.63, 3.8) is 0 Å². The van der Waals surface area contributed by atoms with E-state index in [9.17, 15) is 12.8 Å². The van der Waals surface area contributed by atoms with Gasteiger partial charge in [-0.25, -0.2) is 17.5 Å². The van der Waals surface area contributed by atoms with Crippen LogP contribution < -0.4 is 4.72 Å². The number of hydrogen-bond acceptors (Lipinski definition) is 6. The lowest BCUT2D eigenvalue weighted by Crippen LogP contribution is -2.23. The van der Waals surface area contributed by atoms with E-state index < -0.39 is 15.8 Å². The lowest BCUT2D eigenvalue weighted by atomic mass is 10.2. The van der Waals surface area contributed by atoms with E-state index in [4.69, 9.17) is 4.52 Å². The van der Waals surface area contributed by atoms with Crippen LogP contribution in [0.2, 0.25) is 0 Å². The number of benzene rings is 2. The molecule has 2 aromatic carbocycles. The van der Waals surface area contributed by atoms with E-state index in [1.165, 1.54) is 42.1 Å². The maximum absolute atomic E-state index is 13.2. The summed E-state index contributed by atoms with van der Waals surface area (Å²) >= 11 is 1.53. The van der Waals surface area contributed by atoms with Gasteiger partial charge in [-0.05, 0) is 48.7 Å². The average Bonchev–Trinajstić information content (AvgIpc) is 3.09. The first kappa shape index (κ1) is 17.6. The number of thioether (sulfide) groups is 1. The Morgan fingerprint density at radius 1 is 1.20 bits per heavy atom. The smallest absolute Gasteiger partial charge is 0.258 e. The van der Waals surface area contributed by atoms with Crippen LogP contribution in [0.5, 0.6) is 0 Å². The molecular weight excluding hydrogens is 365 g/mol. The van der Waals surface area contributed by atoms with Crippen LogP contribution >= 0.6 is 11.8 Å². The van der Waals surface area contributed by atoms with E-state index in [2.05, 4.69) is 14.9 Å². The summed E-state index contributed by atoms with van der Waals surface area (Å²) in [7, 11) is -3.69. The van der Waals surface area contributed by atoms with Crippen LogP contribution in [0, 0.1) is 5.82 Å². The summed E-state index contributed by atoms with van der Waals surface area (Å²) in [6, 6.07) is 12.2. The zero-order valence-electron chi connectivity index (χ0n) is 13.1. The van der Waals surface area contributed by atoms with Gasteiger partial charge >= 0.3 is 0 Å². The minimum atomic E-state index is -3.69. The van der Waals surface area contributed by atoms with Gasteiger partial charge in [-0.2, -0.15) is 4.98 Å². The monoisotopic (exact) mass is 379 g/mol. The van der Waals surface area contributed by atoms with Gasteiger partial charge in [0.2, 0.25) is 10.0 Å². The second-order valence-corrected chi connectivity index (χ2v) is 7.67. The molecule has 0 amide bonds. The van der Waals surface area contributed by atoms with Gasteiger partial charge in [0.05, 0.1) is 11.4 Å². The number of sulfonamides is 1. The average molecular weight is 379 g/mol. The first-order valence-electron chi connectivity index (χ1n) is 7.20. The third-order valence-corrected chi connectivity index (χ3v) is 5.49. The Morgan fingerprint density at radius 2 is 1.96 bits per heavy atom. The number of halogens is 1. The van der Waals surface area contributed by atoms with Gasteiger partial charge in [-0.3, -0.25) is 0 Å². The highest BCUT2D eigenvalue weighted by Crippen LogP contribution is 2.19. The second-order valence-electron chi connectivity index (χ2n) is 5.03. The molecule has 130 valence electrons. The lowest BCUT2D eigenvalue weighted by Gasteiger charge is -2.05. The number of hydrogen-bond donors (Lipinski definition) is 1. The highest BCUT2D eigenvalue weighted by Gasteiger charge is 2.16. The highest BCUT2D eigenvalue weighted by molar-refractivity contribution is 7.98. The van der Waals surface area contributed by atoms with Gasteiger partial charge in [0.25, 0.3) is 5.89 Å². The third kappa shape index (κ3) is 4.25. The minimum absolute atomic E-state index is 0.123. The molecule has 0 fully saturated rings. The molecule has 0 aliphatic heterocycles. The van der Waals surface area contributed by atoms with Gasteiger partial charge < -0.3 is 4.52 Å². The summed E-state index contributed by atoms with van der Waals surface area (Å²) in [5.74, 6) is -0.145. The molecule has 9 heteroatoms. The van der Waals surface area contributed by atoms with Crippen molar-refractivity contribution in [2.45, 2.75) is 16.3 Å². The minimum Gasteiger partial charge on any atom is -0.334 e. The fourth-order valence-corrected chi connectivity index (χ4v) is 3.45. The Kier molecular flexibility index (Phi) is 5.16. The van der Waals surface area contributed by atoms with Crippen molar-refractivity contribution < 1.29 is 17.3 Å². The van der Waals surface area contributed by atoms with Crippen molar-refractivity contribution in [2.75, 3.05) is 6.26 Å². The molecule has 1 heterocycles. The standard InChI is InChI=1S/C16H14FN3O3S2/c1-24-13-5-7-14(8-6-13)25(21,22)18-10-15-19-16(23-20-15)11-3-2-4-12(17)9-11/h2-9,18H,10H2,1H3. The zero-order valence-corrected chi connectivity index (χ0v) is 14.8. The van der Waals surface area contributed by atoms with Crippen molar-refractivity contribution in [3.8, 4) is 11.5 Å². The molecule has 0 unspecified atom stereocenters. The van der Waals surface area contributed by atoms with E-state index in [1.54, 1.807) is 18.2 Å². The normalized spacial score (nSPS) is 11.6. The Balaban J connectivity index is 1.70. The van der Waals surface area contributed by atoms with Crippen LogP contribution in [0.1, 0.15) is 5.82 Å². The van der Waals surface area contributed by atoms with Crippen LogP contribution in [0.4, 0.5) is 4.39 Å². The SMILES string of the molecule is CSc1ccc(S(=O)(=O)NCc2noc(-c3cccc(F)c3)n2)cc1. The molecule has 25 heavy (non-hydrogen) atoms. The Bertz CT molecular complexity index is 972. The van der Waals surface area contributed by atoms with Crippen molar-refractivity contribution in [3.05, 3.63) is 60.2 Å². The maximum Gasteiger partial charge on any atom is 0.258 e.